The van der Waals surface area contributed by atoms with Gasteiger partial charge in [-0.2, -0.15) is 0 Å². The molecule has 4 nitrogen and oxygen atoms in total. The summed E-state index contributed by atoms with van der Waals surface area (Å²) in [6, 6.07) is 7.48. The molecule has 0 atom stereocenters. The smallest absolute Gasteiger partial charge is 0.248 e. The monoisotopic (exact) mass is 236 g/mol. The third kappa shape index (κ3) is 4.54. The molecule has 0 aliphatic carbocycles. The van der Waals surface area contributed by atoms with Crippen LogP contribution in [0, 0.1) is 0 Å². The summed E-state index contributed by atoms with van der Waals surface area (Å²) >= 11 is 0. The number of carbonyl (C=O) groups is 1. The van der Waals surface area contributed by atoms with Crippen LogP contribution >= 0.6 is 0 Å². The van der Waals surface area contributed by atoms with E-state index in [1.54, 1.807) is 13.2 Å². The van der Waals surface area contributed by atoms with E-state index in [-0.39, 0.29) is 5.91 Å². The van der Waals surface area contributed by atoms with Crippen LogP contribution in [0.4, 0.5) is 0 Å². The van der Waals surface area contributed by atoms with Crippen LogP contribution in [0.15, 0.2) is 24.3 Å². The lowest BCUT2D eigenvalue weighted by molar-refractivity contribution is 0.0999. The molecule has 4 heteroatoms. The van der Waals surface area contributed by atoms with E-state index in [1.807, 2.05) is 25.2 Å². The van der Waals surface area contributed by atoms with Crippen LogP contribution in [0.3, 0.4) is 0 Å². The number of methoxy groups -OCH3 is 1. The second-order valence-electron chi connectivity index (χ2n) is 4.07. The number of benzene rings is 1. The maximum absolute atomic E-state index is 11.2. The first-order valence-electron chi connectivity index (χ1n) is 5.70. The van der Waals surface area contributed by atoms with Crippen molar-refractivity contribution in [3.05, 3.63) is 35.4 Å². The Morgan fingerprint density at radius 1 is 1.35 bits per heavy atom. The predicted octanol–water partition coefficient (Wildman–Crippen LogP) is 0.906. The molecule has 1 rings (SSSR count). The fourth-order valence-corrected chi connectivity index (χ4v) is 1.65. The highest BCUT2D eigenvalue weighted by Crippen LogP contribution is 2.09. The molecule has 0 bridgehead atoms. The quantitative estimate of drug-likeness (QED) is 0.765. The Hall–Kier alpha value is -1.39. The normalized spacial score (nSPS) is 10.8. The molecule has 0 saturated heterocycles. The number of primary amides is 1. The summed E-state index contributed by atoms with van der Waals surface area (Å²) in [6.45, 7) is 2.48. The summed E-state index contributed by atoms with van der Waals surface area (Å²) in [6.07, 6.45) is 0.819. The summed E-state index contributed by atoms with van der Waals surface area (Å²) in [7, 11) is 3.72. The van der Waals surface area contributed by atoms with Crippen molar-refractivity contribution in [1.29, 1.82) is 0 Å². The van der Waals surface area contributed by atoms with Gasteiger partial charge in [-0.25, -0.2) is 0 Å². The second kappa shape index (κ2) is 7.04. The molecule has 0 aromatic heterocycles. The Morgan fingerprint density at radius 2 is 2.06 bits per heavy atom. The minimum absolute atomic E-state index is 0.361. The van der Waals surface area contributed by atoms with Gasteiger partial charge in [0, 0.05) is 25.8 Å². The molecule has 0 spiro atoms. The molecule has 1 amide bonds. The van der Waals surface area contributed by atoms with E-state index >= 15 is 0 Å². The number of amides is 1. The lowest BCUT2D eigenvalue weighted by Gasteiger charge is -2.16. The lowest BCUT2D eigenvalue weighted by Crippen LogP contribution is -2.26. The highest BCUT2D eigenvalue weighted by atomic mass is 16.5. The van der Waals surface area contributed by atoms with Crippen molar-refractivity contribution in [3.8, 4) is 0 Å². The number of rotatable bonds is 7. The Balaban J connectivity index is 2.54. The van der Waals surface area contributed by atoms with E-state index in [1.165, 1.54) is 0 Å². The van der Waals surface area contributed by atoms with Crippen LogP contribution in [-0.4, -0.2) is 44.7 Å². The minimum Gasteiger partial charge on any atom is -0.383 e. The van der Waals surface area contributed by atoms with Gasteiger partial charge in [0.2, 0.25) is 5.91 Å². The third-order valence-electron chi connectivity index (χ3n) is 2.72. The number of likely N-dealkylation sites (N-methyl/N-ethyl adjacent to an activating group) is 1. The van der Waals surface area contributed by atoms with Gasteiger partial charge in [0.05, 0.1) is 6.61 Å². The first-order valence-corrected chi connectivity index (χ1v) is 5.70. The maximum Gasteiger partial charge on any atom is 0.248 e. The summed E-state index contributed by atoms with van der Waals surface area (Å²) in [4.78, 5) is 13.4. The van der Waals surface area contributed by atoms with Crippen LogP contribution in [-0.2, 0) is 11.2 Å². The Labute approximate surface area is 102 Å². The molecule has 94 valence electrons. The molecular formula is C13H20N2O2. The Morgan fingerprint density at radius 3 is 2.71 bits per heavy atom. The molecule has 0 radical (unpaired) electrons. The lowest BCUT2D eigenvalue weighted by atomic mass is 10.0. The van der Waals surface area contributed by atoms with Gasteiger partial charge in [0.1, 0.15) is 0 Å². The average Bonchev–Trinajstić information content (AvgIpc) is 2.34. The number of hydrogen-bond acceptors (Lipinski definition) is 3. The summed E-state index contributed by atoms with van der Waals surface area (Å²) < 4.78 is 5.01. The summed E-state index contributed by atoms with van der Waals surface area (Å²) in [5, 5.41) is 0. The highest BCUT2D eigenvalue weighted by molar-refractivity contribution is 5.94. The predicted molar refractivity (Wildman–Crippen MR) is 68.0 cm³/mol. The number of carbonyl (C=O) groups excluding carboxylic acids is 1. The van der Waals surface area contributed by atoms with Crippen molar-refractivity contribution in [1.82, 2.24) is 4.90 Å². The zero-order chi connectivity index (χ0) is 12.7. The number of nitrogens with zero attached hydrogens (tertiary/aromatic N) is 1. The van der Waals surface area contributed by atoms with E-state index in [4.69, 9.17) is 10.5 Å². The van der Waals surface area contributed by atoms with Crippen molar-refractivity contribution < 1.29 is 9.53 Å². The number of hydrogen-bond donors (Lipinski definition) is 1. The van der Waals surface area contributed by atoms with Crippen molar-refractivity contribution in [2.24, 2.45) is 5.73 Å². The van der Waals surface area contributed by atoms with Gasteiger partial charge in [-0.05, 0) is 25.1 Å². The van der Waals surface area contributed by atoms with Gasteiger partial charge in [0.25, 0.3) is 0 Å². The molecule has 0 unspecified atom stereocenters. The molecule has 0 heterocycles. The fraction of sp³-hybridized carbons (Fsp3) is 0.462. The van der Waals surface area contributed by atoms with Gasteiger partial charge >= 0.3 is 0 Å². The summed E-state index contributed by atoms with van der Waals surface area (Å²) in [5.74, 6) is -0.361. The number of nitrogens with two attached hydrogens (primary N) is 1. The van der Waals surface area contributed by atoms with E-state index < -0.39 is 0 Å². The minimum atomic E-state index is -0.361. The average molecular weight is 236 g/mol. The zero-order valence-electron chi connectivity index (χ0n) is 10.5. The van der Waals surface area contributed by atoms with Crippen LogP contribution in [0.25, 0.3) is 0 Å². The number of ether oxygens (including phenoxy) is 1. The van der Waals surface area contributed by atoms with E-state index in [0.29, 0.717) is 12.2 Å². The molecule has 0 saturated carbocycles. The standard InChI is InChI=1S/C13H20N2O2/c1-15(9-10-17-2)8-7-11-5-3-4-6-12(11)13(14)16/h3-6H,7-10H2,1-2H3,(H2,14,16). The molecule has 0 fully saturated rings. The fourth-order valence-electron chi connectivity index (χ4n) is 1.65. The van der Waals surface area contributed by atoms with Gasteiger partial charge in [-0.15, -0.1) is 0 Å². The Kier molecular flexibility index (Phi) is 5.66. The van der Waals surface area contributed by atoms with Gasteiger partial charge < -0.3 is 15.4 Å². The second-order valence-corrected chi connectivity index (χ2v) is 4.07. The highest BCUT2D eigenvalue weighted by Gasteiger charge is 2.07. The van der Waals surface area contributed by atoms with Gasteiger partial charge in [0.15, 0.2) is 0 Å². The topological polar surface area (TPSA) is 55.6 Å². The molecule has 1 aromatic rings. The molecule has 2 N–H and O–H groups in total. The van der Waals surface area contributed by atoms with E-state index in [0.717, 1.165) is 25.1 Å². The first-order chi connectivity index (χ1) is 8.15. The largest absolute Gasteiger partial charge is 0.383 e. The summed E-state index contributed by atoms with van der Waals surface area (Å²) in [5.41, 5.74) is 6.95. The molecular weight excluding hydrogens is 216 g/mol. The Bertz CT molecular complexity index is 366. The van der Waals surface area contributed by atoms with Crippen LogP contribution < -0.4 is 5.73 Å². The van der Waals surface area contributed by atoms with Crippen molar-refractivity contribution in [2.75, 3.05) is 33.9 Å². The zero-order valence-corrected chi connectivity index (χ0v) is 10.5. The third-order valence-corrected chi connectivity index (χ3v) is 2.72. The van der Waals surface area contributed by atoms with Crippen LogP contribution in [0.1, 0.15) is 15.9 Å². The van der Waals surface area contributed by atoms with Gasteiger partial charge in [-0.1, -0.05) is 18.2 Å². The first kappa shape index (κ1) is 13.7. The van der Waals surface area contributed by atoms with Crippen molar-refractivity contribution in [2.45, 2.75) is 6.42 Å². The van der Waals surface area contributed by atoms with Crippen molar-refractivity contribution in [3.63, 3.8) is 0 Å². The molecule has 1 aromatic carbocycles. The molecule has 0 aliphatic heterocycles. The van der Waals surface area contributed by atoms with Gasteiger partial charge in [-0.3, -0.25) is 4.79 Å². The van der Waals surface area contributed by atoms with E-state index in [9.17, 15) is 4.79 Å². The van der Waals surface area contributed by atoms with Crippen LogP contribution in [0.5, 0.6) is 0 Å². The maximum atomic E-state index is 11.2. The van der Waals surface area contributed by atoms with E-state index in [2.05, 4.69) is 4.90 Å². The SMILES string of the molecule is COCCN(C)CCc1ccccc1C(N)=O. The molecule has 0 aliphatic rings. The van der Waals surface area contributed by atoms with Crippen LogP contribution in [0.2, 0.25) is 0 Å². The molecule has 17 heavy (non-hydrogen) atoms. The van der Waals surface area contributed by atoms with Crippen molar-refractivity contribution >= 4 is 5.91 Å².